The highest BCUT2D eigenvalue weighted by Crippen LogP contribution is 2.34. The Bertz CT molecular complexity index is 929. The first-order valence-electron chi connectivity index (χ1n) is 9.51. The average Bonchev–Trinajstić information content (AvgIpc) is 2.72. The maximum absolute atomic E-state index is 11.3. The number of rotatable bonds is 7. The Labute approximate surface area is 171 Å². The van der Waals surface area contributed by atoms with Crippen LogP contribution in [-0.4, -0.2) is 17.7 Å². The summed E-state index contributed by atoms with van der Waals surface area (Å²) in [6.45, 7) is 7.50. The summed E-state index contributed by atoms with van der Waals surface area (Å²) in [7, 11) is 0. The number of aliphatic hydroxyl groups is 1. The largest absolute Gasteiger partial charge is 0.502 e. The van der Waals surface area contributed by atoms with E-state index in [1.807, 2.05) is 12.1 Å². The summed E-state index contributed by atoms with van der Waals surface area (Å²) in [5.74, 6) is -1.36. The maximum Gasteiger partial charge on any atom is 0.372 e. The number of benzene rings is 3. The fourth-order valence-corrected chi connectivity index (χ4v) is 2.99. The van der Waals surface area contributed by atoms with Gasteiger partial charge in [-0.2, -0.15) is 0 Å². The molecule has 0 atom stereocenters. The molecule has 1 N–H and O–H groups in total. The molecule has 0 heterocycles. The molecule has 0 aromatic heterocycles. The highest BCUT2D eigenvalue weighted by atomic mass is 16.5. The van der Waals surface area contributed by atoms with Crippen LogP contribution >= 0.6 is 0 Å². The number of anilines is 3. The van der Waals surface area contributed by atoms with Gasteiger partial charge >= 0.3 is 5.97 Å². The molecule has 3 rings (SSSR count). The standard InChI is InChI=1S/C25H25NO3/c1-18-4-10-22(11-5-18)26(23-12-6-19(2)7-13-23)24-14-8-21(9-15-24)16-17-29-25(28)20(3)27/h4-15,27H,3,16-17H2,1-2H3. The van der Waals surface area contributed by atoms with E-state index in [-0.39, 0.29) is 6.61 Å². The number of hydrogen-bond acceptors (Lipinski definition) is 4. The lowest BCUT2D eigenvalue weighted by atomic mass is 10.1. The second-order valence-electron chi connectivity index (χ2n) is 7.01. The Balaban J connectivity index is 1.82. The van der Waals surface area contributed by atoms with E-state index in [2.05, 4.69) is 86.0 Å². The summed E-state index contributed by atoms with van der Waals surface area (Å²) < 4.78 is 4.95. The molecular formula is C25H25NO3. The van der Waals surface area contributed by atoms with E-state index >= 15 is 0 Å². The van der Waals surface area contributed by atoms with Crippen LogP contribution in [0, 0.1) is 13.8 Å². The summed E-state index contributed by atoms with van der Waals surface area (Å²) in [6, 6.07) is 25.0. The van der Waals surface area contributed by atoms with Gasteiger partial charge in [-0.3, -0.25) is 0 Å². The van der Waals surface area contributed by atoms with Crippen LogP contribution in [0.15, 0.2) is 85.1 Å². The predicted octanol–water partition coefficient (Wildman–Crippen LogP) is 5.93. The predicted molar refractivity (Wildman–Crippen MR) is 117 cm³/mol. The SMILES string of the molecule is C=C(O)C(=O)OCCc1ccc(N(c2ccc(C)cc2)c2ccc(C)cc2)cc1. The Kier molecular flexibility index (Phi) is 6.35. The summed E-state index contributed by atoms with van der Waals surface area (Å²) in [6.07, 6.45) is 0.564. The Morgan fingerprint density at radius 3 is 1.66 bits per heavy atom. The number of carbonyl (C=O) groups excluding carboxylic acids is 1. The van der Waals surface area contributed by atoms with Crippen molar-refractivity contribution >= 4 is 23.0 Å². The van der Waals surface area contributed by atoms with Crippen molar-refractivity contribution in [2.45, 2.75) is 20.3 Å². The van der Waals surface area contributed by atoms with E-state index in [0.29, 0.717) is 6.42 Å². The normalized spacial score (nSPS) is 10.4. The van der Waals surface area contributed by atoms with Crippen molar-refractivity contribution in [3.63, 3.8) is 0 Å². The molecule has 0 saturated heterocycles. The molecule has 4 heteroatoms. The molecule has 0 bridgehead atoms. The first-order valence-corrected chi connectivity index (χ1v) is 9.51. The molecule has 4 nitrogen and oxygen atoms in total. The third-order valence-corrected chi connectivity index (χ3v) is 4.64. The van der Waals surface area contributed by atoms with Crippen LogP contribution in [0.4, 0.5) is 17.1 Å². The van der Waals surface area contributed by atoms with E-state index in [1.165, 1.54) is 11.1 Å². The fourth-order valence-electron chi connectivity index (χ4n) is 2.99. The van der Waals surface area contributed by atoms with Gasteiger partial charge in [0.25, 0.3) is 0 Å². The number of hydrogen-bond donors (Lipinski definition) is 1. The number of aliphatic hydroxyl groups excluding tert-OH is 1. The van der Waals surface area contributed by atoms with Gasteiger partial charge in [-0.15, -0.1) is 0 Å². The third-order valence-electron chi connectivity index (χ3n) is 4.64. The lowest BCUT2D eigenvalue weighted by Gasteiger charge is -2.26. The molecule has 0 aliphatic carbocycles. The van der Waals surface area contributed by atoms with Crippen molar-refractivity contribution in [1.29, 1.82) is 0 Å². The minimum atomic E-state index is -0.786. The average molecular weight is 387 g/mol. The van der Waals surface area contributed by atoms with Crippen molar-refractivity contribution < 1.29 is 14.6 Å². The Morgan fingerprint density at radius 1 is 0.828 bits per heavy atom. The number of ether oxygens (including phenoxy) is 1. The van der Waals surface area contributed by atoms with Gasteiger partial charge in [-0.1, -0.05) is 47.5 Å². The second kappa shape index (κ2) is 9.11. The van der Waals surface area contributed by atoms with Gasteiger partial charge in [0.05, 0.1) is 6.61 Å². The van der Waals surface area contributed by atoms with Gasteiger partial charge in [0.15, 0.2) is 5.76 Å². The lowest BCUT2D eigenvalue weighted by molar-refractivity contribution is -0.141. The highest BCUT2D eigenvalue weighted by Gasteiger charge is 2.12. The van der Waals surface area contributed by atoms with Crippen LogP contribution in [0.3, 0.4) is 0 Å². The number of esters is 1. The summed E-state index contributed by atoms with van der Waals surface area (Å²) in [5, 5.41) is 8.99. The molecule has 0 fully saturated rings. The molecule has 0 saturated carbocycles. The maximum atomic E-state index is 11.3. The van der Waals surface area contributed by atoms with Crippen molar-refractivity contribution in [2.24, 2.45) is 0 Å². The first kappa shape index (κ1) is 20.2. The van der Waals surface area contributed by atoms with E-state index in [4.69, 9.17) is 9.84 Å². The molecule has 29 heavy (non-hydrogen) atoms. The molecular weight excluding hydrogens is 362 g/mol. The summed E-state index contributed by atoms with van der Waals surface area (Å²) in [4.78, 5) is 13.5. The zero-order chi connectivity index (χ0) is 20.8. The van der Waals surface area contributed by atoms with Crippen molar-refractivity contribution in [1.82, 2.24) is 0 Å². The van der Waals surface area contributed by atoms with Gasteiger partial charge in [0.1, 0.15) is 0 Å². The van der Waals surface area contributed by atoms with Gasteiger partial charge in [-0.25, -0.2) is 4.79 Å². The van der Waals surface area contributed by atoms with E-state index < -0.39 is 11.7 Å². The Hall–Kier alpha value is -3.53. The zero-order valence-corrected chi connectivity index (χ0v) is 16.8. The van der Waals surface area contributed by atoms with Crippen molar-refractivity contribution in [2.75, 3.05) is 11.5 Å². The van der Waals surface area contributed by atoms with Crippen LogP contribution in [0.5, 0.6) is 0 Å². The van der Waals surface area contributed by atoms with E-state index in [9.17, 15) is 4.79 Å². The third kappa shape index (κ3) is 5.26. The molecule has 3 aromatic carbocycles. The van der Waals surface area contributed by atoms with Crippen LogP contribution in [0.2, 0.25) is 0 Å². The molecule has 0 aliphatic heterocycles. The van der Waals surface area contributed by atoms with Gasteiger partial charge in [0.2, 0.25) is 0 Å². The molecule has 0 amide bonds. The fraction of sp³-hybridized carbons (Fsp3) is 0.160. The molecule has 0 unspecified atom stereocenters. The minimum absolute atomic E-state index is 0.192. The zero-order valence-electron chi connectivity index (χ0n) is 16.8. The van der Waals surface area contributed by atoms with Crippen molar-refractivity contribution in [3.05, 3.63) is 102 Å². The number of carbonyl (C=O) groups is 1. The smallest absolute Gasteiger partial charge is 0.372 e. The Morgan fingerprint density at radius 2 is 1.24 bits per heavy atom. The van der Waals surface area contributed by atoms with Crippen LogP contribution < -0.4 is 4.90 Å². The molecule has 0 spiro atoms. The number of aryl methyl sites for hydroxylation is 2. The molecule has 3 aromatic rings. The van der Waals surface area contributed by atoms with E-state index in [1.54, 1.807) is 0 Å². The van der Waals surface area contributed by atoms with Gasteiger partial charge in [-0.05, 0) is 62.4 Å². The highest BCUT2D eigenvalue weighted by molar-refractivity contribution is 5.84. The van der Waals surface area contributed by atoms with Gasteiger partial charge in [0, 0.05) is 23.5 Å². The summed E-state index contributed by atoms with van der Waals surface area (Å²) >= 11 is 0. The second-order valence-corrected chi connectivity index (χ2v) is 7.01. The lowest BCUT2D eigenvalue weighted by Crippen LogP contribution is -2.11. The molecule has 148 valence electrons. The monoisotopic (exact) mass is 387 g/mol. The first-order chi connectivity index (χ1) is 13.9. The molecule has 0 radical (unpaired) electrons. The van der Waals surface area contributed by atoms with Crippen LogP contribution in [-0.2, 0) is 16.0 Å². The van der Waals surface area contributed by atoms with Crippen LogP contribution in [0.25, 0.3) is 0 Å². The molecule has 0 aliphatic rings. The minimum Gasteiger partial charge on any atom is -0.502 e. The quantitative estimate of drug-likeness (QED) is 0.310. The van der Waals surface area contributed by atoms with Crippen molar-refractivity contribution in [3.8, 4) is 0 Å². The van der Waals surface area contributed by atoms with Crippen LogP contribution in [0.1, 0.15) is 16.7 Å². The summed E-state index contributed by atoms with van der Waals surface area (Å²) in [5.41, 5.74) is 6.69. The van der Waals surface area contributed by atoms with Gasteiger partial charge < -0.3 is 14.7 Å². The topological polar surface area (TPSA) is 49.8 Å². The van der Waals surface area contributed by atoms with E-state index in [0.717, 1.165) is 22.6 Å². The number of nitrogens with zero attached hydrogens (tertiary/aromatic N) is 1.